The van der Waals surface area contributed by atoms with Gasteiger partial charge in [-0.1, -0.05) is 121 Å². The van der Waals surface area contributed by atoms with E-state index in [0.717, 1.165) is 22.3 Å². The Morgan fingerprint density at radius 2 is 0.763 bits per heavy atom. The third-order valence-electron chi connectivity index (χ3n) is 7.40. The maximum Gasteiger partial charge on any atom is 0.321 e. The predicted molar refractivity (Wildman–Crippen MR) is 149 cm³/mol. The summed E-state index contributed by atoms with van der Waals surface area (Å²) in [6.07, 6.45) is -1.38. The van der Waals surface area contributed by atoms with Gasteiger partial charge < -0.3 is 20.0 Å². The van der Waals surface area contributed by atoms with Crippen molar-refractivity contribution in [2.24, 2.45) is 0 Å². The second-order valence-electron chi connectivity index (χ2n) is 10.0. The summed E-state index contributed by atoms with van der Waals surface area (Å²) in [5.41, 5.74) is 3.96. The van der Waals surface area contributed by atoms with Crippen LogP contribution < -0.4 is 0 Å². The van der Waals surface area contributed by atoms with Crippen LogP contribution in [0.3, 0.4) is 0 Å². The Kier molecular flexibility index (Phi) is 8.17. The van der Waals surface area contributed by atoms with Crippen molar-refractivity contribution in [2.45, 2.75) is 50.2 Å². The zero-order valence-corrected chi connectivity index (χ0v) is 21.4. The van der Waals surface area contributed by atoms with Crippen LogP contribution in [0.2, 0.25) is 0 Å². The normalized spacial score (nSPS) is 21.8. The number of amides is 2. The summed E-state index contributed by atoms with van der Waals surface area (Å²) in [5.74, 6) is 0. The van der Waals surface area contributed by atoms with E-state index < -0.39 is 24.3 Å². The molecular weight excluding hydrogens is 472 g/mol. The number of hydrogen-bond acceptors (Lipinski definition) is 3. The summed E-state index contributed by atoms with van der Waals surface area (Å²) >= 11 is 0. The molecule has 0 radical (unpaired) electrons. The lowest BCUT2D eigenvalue weighted by Gasteiger charge is -2.35. The molecular formula is C33H34N2O3. The highest BCUT2D eigenvalue weighted by Gasteiger charge is 2.46. The molecule has 2 amide bonds. The van der Waals surface area contributed by atoms with Crippen molar-refractivity contribution >= 4 is 6.03 Å². The molecule has 1 fully saturated rings. The van der Waals surface area contributed by atoms with Crippen molar-refractivity contribution < 1.29 is 15.0 Å². The first kappa shape index (κ1) is 25.7. The summed E-state index contributed by atoms with van der Waals surface area (Å²) in [6.45, 7) is 0.675. The van der Waals surface area contributed by atoms with Crippen LogP contribution in [0, 0.1) is 0 Å². The highest BCUT2D eigenvalue weighted by atomic mass is 16.3. The zero-order chi connectivity index (χ0) is 26.3. The zero-order valence-electron chi connectivity index (χ0n) is 21.4. The molecule has 4 aromatic carbocycles. The van der Waals surface area contributed by atoms with E-state index in [2.05, 4.69) is 0 Å². The second kappa shape index (κ2) is 12.1. The van der Waals surface area contributed by atoms with Crippen LogP contribution in [0.25, 0.3) is 0 Å². The minimum Gasteiger partial charge on any atom is -0.388 e. The number of aliphatic hydroxyl groups excluding tert-OH is 2. The van der Waals surface area contributed by atoms with E-state index in [1.54, 1.807) is 9.80 Å². The number of benzene rings is 4. The van der Waals surface area contributed by atoms with Crippen LogP contribution in [-0.4, -0.2) is 50.3 Å². The lowest BCUT2D eigenvalue weighted by atomic mass is 9.91. The van der Waals surface area contributed by atoms with Gasteiger partial charge in [0, 0.05) is 13.1 Å². The van der Waals surface area contributed by atoms with Gasteiger partial charge in [-0.3, -0.25) is 0 Å². The molecule has 1 aliphatic rings. The van der Waals surface area contributed by atoms with Crippen LogP contribution in [0.1, 0.15) is 22.3 Å². The van der Waals surface area contributed by atoms with Crippen LogP contribution >= 0.6 is 0 Å². The van der Waals surface area contributed by atoms with Gasteiger partial charge in [0.15, 0.2) is 0 Å². The van der Waals surface area contributed by atoms with E-state index >= 15 is 0 Å². The maximum atomic E-state index is 14.5. The molecule has 1 aliphatic heterocycles. The van der Waals surface area contributed by atoms with Gasteiger partial charge in [0.1, 0.15) is 12.2 Å². The van der Waals surface area contributed by atoms with Crippen molar-refractivity contribution in [1.29, 1.82) is 0 Å². The van der Waals surface area contributed by atoms with Gasteiger partial charge in [0.05, 0.1) is 12.1 Å². The van der Waals surface area contributed by atoms with Crippen molar-refractivity contribution in [2.75, 3.05) is 0 Å². The van der Waals surface area contributed by atoms with Gasteiger partial charge in [-0.25, -0.2) is 4.79 Å². The largest absolute Gasteiger partial charge is 0.388 e. The summed E-state index contributed by atoms with van der Waals surface area (Å²) in [6, 6.07) is 38.0. The number of urea groups is 1. The number of rotatable bonds is 8. The van der Waals surface area contributed by atoms with E-state index in [9.17, 15) is 15.0 Å². The molecule has 1 saturated heterocycles. The summed E-state index contributed by atoms with van der Waals surface area (Å²) in [5, 5.41) is 23.4. The first-order valence-corrected chi connectivity index (χ1v) is 13.2. The van der Waals surface area contributed by atoms with Crippen LogP contribution in [0.4, 0.5) is 4.79 Å². The van der Waals surface area contributed by atoms with Crippen LogP contribution in [0.15, 0.2) is 121 Å². The van der Waals surface area contributed by atoms with E-state index in [0.29, 0.717) is 25.9 Å². The molecule has 2 N–H and O–H groups in total. The Hall–Kier alpha value is -3.93. The Labute approximate surface area is 224 Å². The minimum atomic E-state index is -1.13. The molecule has 0 spiro atoms. The summed E-state index contributed by atoms with van der Waals surface area (Å²) in [7, 11) is 0. The fourth-order valence-corrected chi connectivity index (χ4v) is 5.38. The van der Waals surface area contributed by atoms with Gasteiger partial charge in [-0.2, -0.15) is 0 Å². The SMILES string of the molecule is O=C1N(Cc2ccccc2)[C@H](Cc2ccccc2)[C@H](O)[C@@H](O)[C@H](Cc2ccccc2)N1Cc1ccccc1. The van der Waals surface area contributed by atoms with Crippen molar-refractivity contribution in [3.05, 3.63) is 144 Å². The molecule has 1 heterocycles. The number of carbonyl (C=O) groups is 1. The highest BCUT2D eigenvalue weighted by molar-refractivity contribution is 5.76. The van der Waals surface area contributed by atoms with E-state index in [1.807, 2.05) is 121 Å². The Bertz CT molecular complexity index is 1180. The first-order chi connectivity index (χ1) is 18.6. The highest BCUT2D eigenvalue weighted by Crippen LogP contribution is 2.30. The number of nitrogens with zero attached hydrogens (tertiary/aromatic N) is 2. The average Bonchev–Trinajstić information content (AvgIpc) is 3.03. The molecule has 38 heavy (non-hydrogen) atoms. The molecule has 4 aromatic rings. The molecule has 0 aliphatic carbocycles. The van der Waals surface area contributed by atoms with E-state index in [1.165, 1.54) is 0 Å². The quantitative estimate of drug-likeness (QED) is 0.351. The number of hydrogen-bond donors (Lipinski definition) is 2. The molecule has 0 bridgehead atoms. The third-order valence-corrected chi connectivity index (χ3v) is 7.40. The Balaban J connectivity index is 1.57. The van der Waals surface area contributed by atoms with Gasteiger partial charge in [0.2, 0.25) is 0 Å². The maximum absolute atomic E-state index is 14.5. The molecule has 194 valence electrons. The van der Waals surface area contributed by atoms with E-state index in [4.69, 9.17) is 0 Å². The first-order valence-electron chi connectivity index (χ1n) is 13.2. The molecule has 5 rings (SSSR count). The number of carbonyl (C=O) groups excluding carboxylic acids is 1. The minimum absolute atomic E-state index is 0.185. The molecule has 0 saturated carbocycles. The van der Waals surface area contributed by atoms with E-state index in [-0.39, 0.29) is 6.03 Å². The average molecular weight is 507 g/mol. The standard InChI is InChI=1S/C33H34N2O3/c36-31-29(21-25-13-5-1-6-14-25)34(23-27-17-9-3-10-18-27)33(38)35(24-28-19-11-4-12-20-28)30(32(31)37)22-26-15-7-2-8-16-26/h1-20,29-32,36-37H,21-24H2/t29-,30+,31-,32-/m0/s1. The Morgan fingerprint density at radius 1 is 0.474 bits per heavy atom. The van der Waals surface area contributed by atoms with Crippen molar-refractivity contribution in [3.63, 3.8) is 0 Å². The lowest BCUT2D eigenvalue weighted by molar-refractivity contribution is -0.0408. The lowest BCUT2D eigenvalue weighted by Crippen LogP contribution is -2.50. The fourth-order valence-electron chi connectivity index (χ4n) is 5.38. The molecule has 4 atom stereocenters. The fraction of sp³-hybridized carbons (Fsp3) is 0.242. The molecule has 0 unspecified atom stereocenters. The van der Waals surface area contributed by atoms with Gasteiger partial charge in [-0.15, -0.1) is 0 Å². The monoisotopic (exact) mass is 506 g/mol. The van der Waals surface area contributed by atoms with Gasteiger partial charge in [0.25, 0.3) is 0 Å². The number of aliphatic hydroxyl groups is 2. The third kappa shape index (κ3) is 5.96. The van der Waals surface area contributed by atoms with Crippen LogP contribution in [0.5, 0.6) is 0 Å². The van der Waals surface area contributed by atoms with Gasteiger partial charge >= 0.3 is 6.03 Å². The van der Waals surface area contributed by atoms with Crippen LogP contribution in [-0.2, 0) is 25.9 Å². The van der Waals surface area contributed by atoms with Crippen molar-refractivity contribution in [3.8, 4) is 0 Å². The smallest absolute Gasteiger partial charge is 0.321 e. The second-order valence-corrected chi connectivity index (χ2v) is 10.0. The Morgan fingerprint density at radius 3 is 1.08 bits per heavy atom. The van der Waals surface area contributed by atoms with Gasteiger partial charge in [-0.05, 0) is 35.1 Å². The summed E-state index contributed by atoms with van der Waals surface area (Å²) in [4.78, 5) is 18.0. The predicted octanol–water partition coefficient (Wildman–Crippen LogP) is 5.07. The molecule has 5 heteroatoms. The summed E-state index contributed by atoms with van der Waals surface area (Å²) < 4.78 is 0. The molecule has 5 nitrogen and oxygen atoms in total. The molecule has 0 aromatic heterocycles. The topological polar surface area (TPSA) is 64.0 Å². The van der Waals surface area contributed by atoms with Crippen molar-refractivity contribution in [1.82, 2.24) is 9.80 Å².